The van der Waals surface area contributed by atoms with Gasteiger partial charge in [-0.3, -0.25) is 0 Å². The predicted octanol–water partition coefficient (Wildman–Crippen LogP) is 1.68. The third-order valence-electron chi connectivity index (χ3n) is 4.96. The van der Waals surface area contributed by atoms with Gasteiger partial charge < -0.3 is 35.4 Å². The van der Waals surface area contributed by atoms with Crippen LogP contribution in [0.1, 0.15) is 49.9 Å². The zero-order valence-electron chi connectivity index (χ0n) is 20.3. The number of aromatic nitrogens is 3. The minimum Gasteiger partial charge on any atom is -0.478 e. The van der Waals surface area contributed by atoms with E-state index in [4.69, 9.17) is 9.47 Å². The summed E-state index contributed by atoms with van der Waals surface area (Å²) in [7, 11) is 1.60. The zero-order valence-corrected chi connectivity index (χ0v) is 20.3. The first-order chi connectivity index (χ1) is 16.4. The van der Waals surface area contributed by atoms with Crippen molar-refractivity contribution >= 4 is 11.8 Å². The maximum Gasteiger partial charge on any atom is 0.225 e. The molecule has 0 spiro atoms. The second-order valence-electron chi connectivity index (χ2n) is 7.67. The number of rotatable bonds is 13. The Morgan fingerprint density at radius 2 is 2.00 bits per heavy atom. The number of hydrogen-bond donors (Lipinski definition) is 5. The third-order valence-corrected chi connectivity index (χ3v) is 4.96. The lowest BCUT2D eigenvalue weighted by molar-refractivity contribution is -0.0685. The molecule has 5 N–H and O–H groups in total. The molecule has 0 saturated heterocycles. The Morgan fingerprint density at radius 3 is 2.62 bits per heavy atom. The first-order valence-electron chi connectivity index (χ1n) is 11.4. The molecular weight excluding hydrogens is 438 g/mol. The fraction of sp³-hybridized carbons (Fsp3) is 0.542. The summed E-state index contributed by atoms with van der Waals surface area (Å²) in [5.74, 6) is 7.23. The van der Waals surface area contributed by atoms with Crippen LogP contribution >= 0.6 is 0 Å². The minimum atomic E-state index is -1.71. The van der Waals surface area contributed by atoms with Crippen LogP contribution in [0.2, 0.25) is 0 Å². The van der Waals surface area contributed by atoms with Crippen molar-refractivity contribution in [3.63, 3.8) is 0 Å². The highest BCUT2D eigenvalue weighted by atomic mass is 16.5. The summed E-state index contributed by atoms with van der Waals surface area (Å²) < 4.78 is 10.4. The van der Waals surface area contributed by atoms with E-state index in [1.165, 1.54) is 0 Å². The van der Waals surface area contributed by atoms with Gasteiger partial charge in [0.15, 0.2) is 5.72 Å². The van der Waals surface area contributed by atoms with Crippen LogP contribution in [-0.2, 0) is 4.74 Å². The highest BCUT2D eigenvalue weighted by Gasteiger charge is 2.35. The lowest BCUT2D eigenvalue weighted by Gasteiger charge is -2.34. The quantitative estimate of drug-likeness (QED) is 0.166. The van der Waals surface area contributed by atoms with Gasteiger partial charge in [0.25, 0.3) is 0 Å². The lowest BCUT2D eigenvalue weighted by Crippen LogP contribution is -2.50. The van der Waals surface area contributed by atoms with Crippen molar-refractivity contribution in [3.8, 4) is 17.7 Å². The normalized spacial score (nSPS) is 13.4. The molecule has 0 saturated carbocycles. The van der Waals surface area contributed by atoms with E-state index in [1.54, 1.807) is 32.4 Å². The van der Waals surface area contributed by atoms with Crippen LogP contribution in [0.3, 0.4) is 0 Å². The van der Waals surface area contributed by atoms with E-state index in [1.807, 2.05) is 13.8 Å². The molecule has 0 fully saturated rings. The molecule has 186 valence electrons. The fourth-order valence-corrected chi connectivity index (χ4v) is 3.24. The van der Waals surface area contributed by atoms with Crippen molar-refractivity contribution < 1.29 is 24.8 Å². The van der Waals surface area contributed by atoms with E-state index in [2.05, 4.69) is 37.4 Å². The number of nitrogens with one attached hydrogen (secondary N) is 2. The van der Waals surface area contributed by atoms with E-state index in [9.17, 15) is 15.3 Å². The SMILES string of the molecule is CCCC(O)(Nc1nc(NCCOC)nc(C)c1C#Cc1ccc(OCC)nc1)C(O)CCO. The van der Waals surface area contributed by atoms with E-state index < -0.39 is 11.8 Å². The Labute approximate surface area is 200 Å². The molecule has 2 aromatic rings. The molecule has 2 unspecified atom stereocenters. The number of hydrogen-bond acceptors (Lipinski definition) is 10. The van der Waals surface area contributed by atoms with Gasteiger partial charge in [-0.2, -0.15) is 4.98 Å². The number of nitrogens with zero attached hydrogens (tertiary/aromatic N) is 3. The smallest absolute Gasteiger partial charge is 0.225 e. The molecular formula is C24H35N5O5. The van der Waals surface area contributed by atoms with Crippen LogP contribution in [0, 0.1) is 18.8 Å². The molecule has 0 aliphatic heterocycles. The molecule has 0 radical (unpaired) electrons. The molecule has 0 bridgehead atoms. The van der Waals surface area contributed by atoms with Crippen LogP contribution in [-0.4, -0.2) is 75.6 Å². The van der Waals surface area contributed by atoms with Gasteiger partial charge in [0, 0.05) is 44.5 Å². The first-order valence-corrected chi connectivity index (χ1v) is 11.4. The largest absolute Gasteiger partial charge is 0.478 e. The van der Waals surface area contributed by atoms with E-state index in [0.29, 0.717) is 54.8 Å². The standard InChI is InChI=1S/C24H35N5O5/c1-5-12-24(32,20(31)11-14-30)29-22-19(17(3)27-23(28-22)25-13-15-33-4)9-7-18-8-10-21(26-16-18)34-6-2/h8,10,16,20,30-32H,5-6,11-15H2,1-4H3,(H2,25,27,28,29). The van der Waals surface area contributed by atoms with Crippen molar-refractivity contribution in [3.05, 3.63) is 35.2 Å². The summed E-state index contributed by atoms with van der Waals surface area (Å²) in [5, 5.41) is 37.1. The van der Waals surface area contributed by atoms with Crippen LogP contribution in [0.5, 0.6) is 5.88 Å². The Hall–Kier alpha value is -2.97. The molecule has 0 aromatic carbocycles. The molecule has 2 heterocycles. The summed E-state index contributed by atoms with van der Waals surface area (Å²) in [6, 6.07) is 3.54. The van der Waals surface area contributed by atoms with E-state index in [0.717, 1.165) is 0 Å². The highest BCUT2D eigenvalue weighted by Crippen LogP contribution is 2.26. The number of aliphatic hydroxyl groups is 3. The number of anilines is 2. The van der Waals surface area contributed by atoms with Gasteiger partial charge in [0.1, 0.15) is 11.9 Å². The Morgan fingerprint density at radius 1 is 1.21 bits per heavy atom. The summed E-state index contributed by atoms with van der Waals surface area (Å²) >= 11 is 0. The van der Waals surface area contributed by atoms with Crippen LogP contribution in [0.4, 0.5) is 11.8 Å². The van der Waals surface area contributed by atoms with Crippen molar-refractivity contribution in [1.29, 1.82) is 0 Å². The van der Waals surface area contributed by atoms with E-state index in [-0.39, 0.29) is 25.3 Å². The van der Waals surface area contributed by atoms with Gasteiger partial charge in [-0.15, -0.1) is 0 Å². The average Bonchev–Trinajstić information content (AvgIpc) is 2.80. The maximum absolute atomic E-state index is 11.2. The molecule has 0 aliphatic carbocycles. The number of aliphatic hydroxyl groups excluding tert-OH is 2. The fourth-order valence-electron chi connectivity index (χ4n) is 3.24. The maximum atomic E-state index is 11.2. The lowest BCUT2D eigenvalue weighted by atomic mass is 9.98. The van der Waals surface area contributed by atoms with Crippen LogP contribution in [0.25, 0.3) is 0 Å². The summed E-state index contributed by atoms with van der Waals surface area (Å²) in [5.41, 5.74) is 0.00980. The second kappa shape index (κ2) is 13.7. The predicted molar refractivity (Wildman–Crippen MR) is 130 cm³/mol. The van der Waals surface area contributed by atoms with Gasteiger partial charge in [0.05, 0.1) is 24.5 Å². The monoisotopic (exact) mass is 473 g/mol. The molecule has 0 amide bonds. The Balaban J connectivity index is 2.46. The third kappa shape index (κ3) is 7.81. The van der Waals surface area contributed by atoms with Gasteiger partial charge >= 0.3 is 0 Å². The Kier molecular flexibility index (Phi) is 11.0. The van der Waals surface area contributed by atoms with Gasteiger partial charge in [-0.1, -0.05) is 25.2 Å². The van der Waals surface area contributed by atoms with Crippen molar-refractivity contribution in [2.75, 3.05) is 44.1 Å². The summed E-state index contributed by atoms with van der Waals surface area (Å²) in [6.45, 7) is 6.78. The van der Waals surface area contributed by atoms with Crippen molar-refractivity contribution in [2.24, 2.45) is 0 Å². The summed E-state index contributed by atoms with van der Waals surface area (Å²) in [6.07, 6.45) is 1.23. The highest BCUT2D eigenvalue weighted by molar-refractivity contribution is 5.61. The molecule has 2 atom stereocenters. The van der Waals surface area contributed by atoms with Crippen molar-refractivity contribution in [2.45, 2.75) is 51.9 Å². The molecule has 2 aromatic heterocycles. The number of ether oxygens (including phenoxy) is 2. The van der Waals surface area contributed by atoms with Crippen molar-refractivity contribution in [1.82, 2.24) is 15.0 Å². The van der Waals surface area contributed by atoms with Crippen LogP contribution < -0.4 is 15.4 Å². The topological polar surface area (TPSA) is 142 Å². The average molecular weight is 474 g/mol. The molecule has 10 nitrogen and oxygen atoms in total. The van der Waals surface area contributed by atoms with Gasteiger partial charge in [-0.25, -0.2) is 9.97 Å². The molecule has 0 aliphatic rings. The van der Waals surface area contributed by atoms with Gasteiger partial charge in [0.2, 0.25) is 11.8 Å². The second-order valence-corrected chi connectivity index (χ2v) is 7.67. The number of aryl methyl sites for hydroxylation is 1. The zero-order chi connectivity index (χ0) is 25.0. The van der Waals surface area contributed by atoms with Crippen LogP contribution in [0.15, 0.2) is 18.3 Å². The summed E-state index contributed by atoms with van der Waals surface area (Å²) in [4.78, 5) is 13.2. The minimum absolute atomic E-state index is 0.00533. The number of methoxy groups -OCH3 is 1. The molecule has 10 heteroatoms. The Bertz CT molecular complexity index is 961. The van der Waals surface area contributed by atoms with E-state index >= 15 is 0 Å². The molecule has 2 rings (SSSR count). The van der Waals surface area contributed by atoms with Gasteiger partial charge in [-0.05, 0) is 26.3 Å². The number of pyridine rings is 1. The molecule has 34 heavy (non-hydrogen) atoms. The first kappa shape index (κ1) is 27.3.